The van der Waals surface area contributed by atoms with Crippen molar-refractivity contribution in [3.05, 3.63) is 30.1 Å². The molecule has 1 aromatic rings. The summed E-state index contributed by atoms with van der Waals surface area (Å²) in [5.41, 5.74) is 5.19. The zero-order valence-electron chi connectivity index (χ0n) is 10.6. The number of aliphatic imine (C=N–C) groups is 1. The molecule has 1 rings (SSSR count). The first-order valence-corrected chi connectivity index (χ1v) is 5.46. The van der Waals surface area contributed by atoms with Crippen LogP contribution < -0.4 is 16.4 Å². The Kier molecular flexibility index (Phi) is 4.25. The summed E-state index contributed by atoms with van der Waals surface area (Å²) < 4.78 is 13.3. The molecule has 0 bridgehead atoms. The predicted octanol–water partition coefficient (Wildman–Crippen LogP) is 1.87. The monoisotopic (exact) mass is 252 g/mol. The van der Waals surface area contributed by atoms with Gasteiger partial charge in [-0.15, -0.1) is 0 Å². The van der Waals surface area contributed by atoms with Crippen molar-refractivity contribution in [2.24, 2.45) is 10.7 Å². The third-order valence-electron chi connectivity index (χ3n) is 1.82. The number of halogens is 1. The van der Waals surface area contributed by atoms with Crippen LogP contribution >= 0.6 is 0 Å². The number of nitrogens with one attached hydrogen (secondary N) is 2. The number of rotatable bonds is 1. The van der Waals surface area contributed by atoms with E-state index in [-0.39, 0.29) is 17.2 Å². The maximum atomic E-state index is 13.3. The number of urea groups is 1. The van der Waals surface area contributed by atoms with Gasteiger partial charge in [-0.1, -0.05) is 12.1 Å². The number of para-hydroxylation sites is 1. The number of hydrogen-bond donors (Lipinski definition) is 3. The molecule has 0 heterocycles. The number of benzene rings is 1. The van der Waals surface area contributed by atoms with Crippen molar-refractivity contribution in [2.45, 2.75) is 26.3 Å². The highest BCUT2D eigenvalue weighted by molar-refractivity contribution is 5.96. The summed E-state index contributed by atoms with van der Waals surface area (Å²) in [7, 11) is 0. The molecule has 4 N–H and O–H groups in total. The second-order valence-electron chi connectivity index (χ2n) is 4.78. The molecule has 0 fully saturated rings. The van der Waals surface area contributed by atoms with E-state index < -0.39 is 11.8 Å². The van der Waals surface area contributed by atoms with Crippen LogP contribution in [0.4, 0.5) is 14.9 Å². The minimum absolute atomic E-state index is 0.0751. The van der Waals surface area contributed by atoms with E-state index in [0.29, 0.717) is 0 Å². The van der Waals surface area contributed by atoms with E-state index in [0.717, 1.165) is 0 Å². The topological polar surface area (TPSA) is 79.5 Å². The molecular weight excluding hydrogens is 235 g/mol. The van der Waals surface area contributed by atoms with Gasteiger partial charge < -0.3 is 11.1 Å². The van der Waals surface area contributed by atoms with Gasteiger partial charge in [-0.3, -0.25) is 5.32 Å². The zero-order valence-corrected chi connectivity index (χ0v) is 10.6. The molecule has 98 valence electrons. The molecule has 0 unspecified atom stereocenters. The van der Waals surface area contributed by atoms with Gasteiger partial charge >= 0.3 is 6.03 Å². The highest BCUT2D eigenvalue weighted by atomic mass is 19.1. The van der Waals surface area contributed by atoms with Crippen molar-refractivity contribution in [2.75, 3.05) is 0 Å². The van der Waals surface area contributed by atoms with Crippen LogP contribution in [0.15, 0.2) is 29.3 Å². The van der Waals surface area contributed by atoms with E-state index in [1.807, 2.05) is 20.8 Å². The Labute approximate surface area is 105 Å². The van der Waals surface area contributed by atoms with Crippen molar-refractivity contribution in [1.82, 2.24) is 10.6 Å². The van der Waals surface area contributed by atoms with E-state index in [2.05, 4.69) is 15.6 Å². The van der Waals surface area contributed by atoms with Crippen LogP contribution in [0.3, 0.4) is 0 Å². The van der Waals surface area contributed by atoms with Crippen LogP contribution in [0.25, 0.3) is 0 Å². The minimum atomic E-state index is -0.501. The lowest BCUT2D eigenvalue weighted by atomic mass is 10.1. The molecule has 0 spiro atoms. The first-order valence-electron chi connectivity index (χ1n) is 5.46. The summed E-state index contributed by atoms with van der Waals surface area (Å²) in [6, 6.07) is 5.42. The quantitative estimate of drug-likeness (QED) is 0.527. The van der Waals surface area contributed by atoms with Crippen molar-refractivity contribution in [3.63, 3.8) is 0 Å². The average molecular weight is 252 g/mol. The van der Waals surface area contributed by atoms with Crippen molar-refractivity contribution in [1.29, 1.82) is 0 Å². The molecule has 0 aliphatic rings. The lowest BCUT2D eigenvalue weighted by Crippen LogP contribution is -2.50. The van der Waals surface area contributed by atoms with Gasteiger partial charge in [0, 0.05) is 5.54 Å². The number of guanidine groups is 1. The largest absolute Gasteiger partial charge is 0.369 e. The molecule has 0 atom stereocenters. The molecule has 0 aromatic heterocycles. The first-order chi connectivity index (χ1) is 8.28. The number of nitrogens with zero attached hydrogens (tertiary/aromatic N) is 1. The summed E-state index contributed by atoms with van der Waals surface area (Å²) in [6.45, 7) is 5.49. The van der Waals surface area contributed by atoms with Crippen molar-refractivity contribution in [3.8, 4) is 0 Å². The highest BCUT2D eigenvalue weighted by Gasteiger charge is 2.14. The fraction of sp³-hybridized carbons (Fsp3) is 0.333. The second kappa shape index (κ2) is 5.48. The summed E-state index contributed by atoms with van der Waals surface area (Å²) in [5.74, 6) is -0.666. The summed E-state index contributed by atoms with van der Waals surface area (Å²) in [5, 5.41) is 4.97. The molecule has 6 heteroatoms. The molecular formula is C12H17FN4O. The van der Waals surface area contributed by atoms with Gasteiger partial charge in [0.1, 0.15) is 11.5 Å². The normalized spacial score (nSPS) is 12.1. The molecule has 0 saturated carbocycles. The zero-order chi connectivity index (χ0) is 13.8. The van der Waals surface area contributed by atoms with Crippen LogP contribution in [0, 0.1) is 5.82 Å². The fourth-order valence-electron chi connectivity index (χ4n) is 1.19. The smallest absolute Gasteiger partial charge is 0.321 e. The van der Waals surface area contributed by atoms with Gasteiger partial charge in [0.05, 0.1) is 0 Å². The maximum Gasteiger partial charge on any atom is 0.321 e. The molecule has 18 heavy (non-hydrogen) atoms. The Morgan fingerprint density at radius 1 is 1.33 bits per heavy atom. The van der Waals surface area contributed by atoms with E-state index in [9.17, 15) is 9.18 Å². The number of carbonyl (C=O) groups excluding carboxylic acids is 1. The Bertz CT molecular complexity index is 465. The average Bonchev–Trinajstić information content (AvgIpc) is 2.18. The van der Waals surface area contributed by atoms with Crippen molar-refractivity contribution < 1.29 is 9.18 Å². The summed E-state index contributed by atoms with van der Waals surface area (Å²) >= 11 is 0. The van der Waals surface area contributed by atoms with Gasteiger partial charge in [-0.2, -0.15) is 0 Å². The van der Waals surface area contributed by atoms with E-state index in [1.54, 1.807) is 12.1 Å². The van der Waals surface area contributed by atoms with Gasteiger partial charge in [0.2, 0.25) is 5.96 Å². The molecule has 1 aromatic carbocycles. The summed E-state index contributed by atoms with van der Waals surface area (Å²) in [6.07, 6.45) is 0. The van der Waals surface area contributed by atoms with Gasteiger partial charge in [-0.25, -0.2) is 14.2 Å². The highest BCUT2D eigenvalue weighted by Crippen LogP contribution is 2.15. The van der Waals surface area contributed by atoms with E-state index in [4.69, 9.17) is 5.73 Å². The summed E-state index contributed by atoms with van der Waals surface area (Å²) in [4.78, 5) is 15.2. The second-order valence-corrected chi connectivity index (χ2v) is 4.78. The van der Waals surface area contributed by atoms with Gasteiger partial charge in [0.25, 0.3) is 0 Å². The van der Waals surface area contributed by atoms with Crippen LogP contribution in [-0.4, -0.2) is 17.5 Å². The maximum absolute atomic E-state index is 13.3. The third kappa shape index (κ3) is 4.82. The van der Waals surface area contributed by atoms with Gasteiger partial charge in [-0.05, 0) is 32.9 Å². The number of hydrogen-bond acceptors (Lipinski definition) is 2. The Morgan fingerprint density at radius 3 is 2.50 bits per heavy atom. The molecule has 0 aliphatic heterocycles. The lowest BCUT2D eigenvalue weighted by Gasteiger charge is -2.20. The lowest BCUT2D eigenvalue weighted by molar-refractivity contribution is 0.236. The molecule has 2 amide bonds. The third-order valence-corrected chi connectivity index (χ3v) is 1.82. The van der Waals surface area contributed by atoms with Gasteiger partial charge in [0.15, 0.2) is 0 Å². The molecule has 0 saturated heterocycles. The molecule has 0 radical (unpaired) electrons. The Balaban J connectivity index is 2.69. The predicted molar refractivity (Wildman–Crippen MR) is 69.1 cm³/mol. The molecule has 5 nitrogen and oxygen atoms in total. The van der Waals surface area contributed by atoms with Crippen LogP contribution in [-0.2, 0) is 0 Å². The Morgan fingerprint density at radius 2 is 1.94 bits per heavy atom. The standard InChI is InChI=1S/C12H17FN4O/c1-12(2,3)17-11(18)16-10(14)15-9-7-5-4-6-8(9)13/h4-7H,1-3H3,(H4,14,15,16,17,18). The molecule has 0 aliphatic carbocycles. The number of nitrogens with two attached hydrogens (primary N) is 1. The van der Waals surface area contributed by atoms with Crippen molar-refractivity contribution >= 4 is 17.7 Å². The minimum Gasteiger partial charge on any atom is -0.369 e. The van der Waals surface area contributed by atoms with E-state index >= 15 is 0 Å². The SMILES string of the molecule is CC(C)(C)NC(=O)NC(N)=Nc1ccccc1F. The number of carbonyl (C=O) groups is 1. The van der Waals surface area contributed by atoms with Crippen LogP contribution in [0.1, 0.15) is 20.8 Å². The fourth-order valence-corrected chi connectivity index (χ4v) is 1.19. The van der Waals surface area contributed by atoms with Crippen LogP contribution in [0.5, 0.6) is 0 Å². The first kappa shape index (κ1) is 14.0. The Hall–Kier alpha value is -2.11. The number of amides is 2. The van der Waals surface area contributed by atoms with Crippen LogP contribution in [0.2, 0.25) is 0 Å². The van der Waals surface area contributed by atoms with E-state index in [1.165, 1.54) is 12.1 Å².